The molecule has 4 aromatic rings. The highest BCUT2D eigenvalue weighted by Crippen LogP contribution is 2.28. The van der Waals surface area contributed by atoms with E-state index >= 15 is 0 Å². The largest absolute Gasteiger partial charge is 0.497 e. The summed E-state index contributed by atoms with van der Waals surface area (Å²) < 4.78 is 7.54. The highest BCUT2D eigenvalue weighted by Gasteiger charge is 2.16. The molecule has 0 aliphatic rings. The maximum Gasteiger partial charge on any atom is 0.220 e. The average Bonchev–Trinajstić information content (AvgIpc) is 3.30. The van der Waals surface area contributed by atoms with Crippen molar-refractivity contribution in [1.29, 1.82) is 0 Å². The Morgan fingerprint density at radius 2 is 1.70 bits per heavy atom. The Morgan fingerprint density at radius 1 is 0.919 bits per heavy atom. The van der Waals surface area contributed by atoms with Gasteiger partial charge in [0, 0.05) is 31.2 Å². The Morgan fingerprint density at radius 3 is 2.46 bits per heavy atom. The van der Waals surface area contributed by atoms with Crippen molar-refractivity contribution >= 4 is 17.7 Å². The maximum atomic E-state index is 12.4. The molecule has 0 aliphatic heterocycles. The Kier molecular flexibility index (Phi) is 9.38. The van der Waals surface area contributed by atoms with Crippen molar-refractivity contribution in [3.63, 3.8) is 0 Å². The number of rotatable bonds is 12. The zero-order valence-corrected chi connectivity index (χ0v) is 22.6. The molecule has 1 heterocycles. The van der Waals surface area contributed by atoms with E-state index < -0.39 is 0 Å². The first-order chi connectivity index (χ1) is 18.0. The van der Waals surface area contributed by atoms with Crippen LogP contribution in [0.2, 0.25) is 0 Å². The van der Waals surface area contributed by atoms with Gasteiger partial charge < -0.3 is 10.1 Å². The van der Waals surface area contributed by atoms with Gasteiger partial charge in [0.1, 0.15) is 11.6 Å². The first-order valence-corrected chi connectivity index (χ1v) is 13.6. The van der Waals surface area contributed by atoms with E-state index in [4.69, 9.17) is 4.74 Å². The van der Waals surface area contributed by atoms with Gasteiger partial charge in [-0.15, -0.1) is 10.2 Å². The van der Waals surface area contributed by atoms with Crippen LogP contribution in [0.5, 0.6) is 5.75 Å². The first-order valence-electron chi connectivity index (χ1n) is 12.6. The number of amides is 1. The number of nitrogens with one attached hydrogen (secondary N) is 1. The van der Waals surface area contributed by atoms with Crippen molar-refractivity contribution in [2.45, 2.75) is 50.4 Å². The highest BCUT2D eigenvalue weighted by atomic mass is 32.2. The second-order valence-electron chi connectivity index (χ2n) is 9.16. The molecule has 1 N–H and O–H groups in total. The lowest BCUT2D eigenvalue weighted by atomic mass is 10.1. The summed E-state index contributed by atoms with van der Waals surface area (Å²) in [6, 6.07) is 24.7. The molecule has 4 rings (SSSR count). The fourth-order valence-corrected chi connectivity index (χ4v) is 5.25. The van der Waals surface area contributed by atoms with E-state index in [1.807, 2.05) is 42.5 Å². The molecular formula is C30H34N4O2S. The van der Waals surface area contributed by atoms with Crippen LogP contribution in [0, 0.1) is 13.8 Å². The van der Waals surface area contributed by atoms with Crippen LogP contribution in [0.1, 0.15) is 40.9 Å². The third-order valence-corrected chi connectivity index (χ3v) is 7.04. The van der Waals surface area contributed by atoms with E-state index in [9.17, 15) is 4.79 Å². The lowest BCUT2D eigenvalue weighted by Gasteiger charge is -2.12. The molecule has 0 radical (unpaired) electrons. The molecular weight excluding hydrogens is 480 g/mol. The number of ether oxygens (including phenoxy) is 1. The Hall–Kier alpha value is -3.58. The van der Waals surface area contributed by atoms with Crippen LogP contribution in [-0.2, 0) is 23.4 Å². The molecule has 0 fully saturated rings. The summed E-state index contributed by atoms with van der Waals surface area (Å²) in [7, 11) is 1.67. The minimum absolute atomic E-state index is 0.0628. The quantitative estimate of drug-likeness (QED) is 0.240. The molecule has 1 aromatic heterocycles. The van der Waals surface area contributed by atoms with Gasteiger partial charge in [-0.05, 0) is 49.9 Å². The summed E-state index contributed by atoms with van der Waals surface area (Å²) in [6.07, 6.45) is 2.63. The van der Waals surface area contributed by atoms with E-state index in [0.29, 0.717) is 25.8 Å². The van der Waals surface area contributed by atoms with Gasteiger partial charge in [-0.1, -0.05) is 77.5 Å². The van der Waals surface area contributed by atoms with E-state index in [1.165, 1.54) is 22.3 Å². The fraction of sp³-hybridized carbons (Fsp3) is 0.300. The molecule has 0 bridgehead atoms. The van der Waals surface area contributed by atoms with Crippen LogP contribution >= 0.6 is 11.8 Å². The fourth-order valence-electron chi connectivity index (χ4n) is 4.35. The zero-order chi connectivity index (χ0) is 26.0. The first kappa shape index (κ1) is 26.5. The van der Waals surface area contributed by atoms with Crippen molar-refractivity contribution in [2.75, 3.05) is 13.7 Å². The third kappa shape index (κ3) is 7.70. The molecule has 6 nitrogen and oxygen atoms in total. The smallest absolute Gasteiger partial charge is 0.220 e. The standard InChI is InChI=1S/C30H34N4O2S/c1-22-17-23(2)19-25(18-22)21-37-30-33-32-28(34(30)26-11-7-12-27(20-26)36-3)13-8-14-29(35)31-16-15-24-9-5-4-6-10-24/h4-7,9-12,17-20H,8,13-16,21H2,1-3H3,(H,31,35). The molecule has 7 heteroatoms. The maximum absolute atomic E-state index is 12.4. The predicted octanol–water partition coefficient (Wildman–Crippen LogP) is 5.87. The molecule has 192 valence electrons. The van der Waals surface area contributed by atoms with Crippen LogP contribution in [0.4, 0.5) is 0 Å². The lowest BCUT2D eigenvalue weighted by molar-refractivity contribution is -0.121. The number of benzene rings is 3. The highest BCUT2D eigenvalue weighted by molar-refractivity contribution is 7.98. The van der Waals surface area contributed by atoms with Gasteiger partial charge in [-0.2, -0.15) is 0 Å². The second-order valence-corrected chi connectivity index (χ2v) is 10.1. The van der Waals surface area contributed by atoms with Gasteiger partial charge in [0.05, 0.1) is 12.8 Å². The summed E-state index contributed by atoms with van der Waals surface area (Å²) >= 11 is 1.66. The number of carbonyl (C=O) groups excluding carboxylic acids is 1. The van der Waals surface area contributed by atoms with Crippen LogP contribution < -0.4 is 10.1 Å². The molecule has 0 saturated heterocycles. The van der Waals surface area contributed by atoms with E-state index in [1.54, 1.807) is 18.9 Å². The molecule has 1 amide bonds. The van der Waals surface area contributed by atoms with Crippen molar-refractivity contribution in [1.82, 2.24) is 20.1 Å². The zero-order valence-electron chi connectivity index (χ0n) is 21.7. The van der Waals surface area contributed by atoms with Gasteiger partial charge in [0.15, 0.2) is 5.16 Å². The van der Waals surface area contributed by atoms with Crippen molar-refractivity contribution in [2.24, 2.45) is 0 Å². The molecule has 0 atom stereocenters. The van der Waals surface area contributed by atoms with Gasteiger partial charge in [0.2, 0.25) is 5.91 Å². The van der Waals surface area contributed by atoms with Gasteiger partial charge in [0.25, 0.3) is 0 Å². The van der Waals surface area contributed by atoms with Crippen molar-refractivity contribution < 1.29 is 9.53 Å². The summed E-state index contributed by atoms with van der Waals surface area (Å²) in [5, 5.41) is 12.9. The molecule has 3 aromatic carbocycles. The number of hydrogen-bond acceptors (Lipinski definition) is 5. The van der Waals surface area contributed by atoms with Crippen molar-refractivity contribution in [3.8, 4) is 11.4 Å². The predicted molar refractivity (Wildman–Crippen MR) is 149 cm³/mol. The van der Waals surface area contributed by atoms with Crippen LogP contribution in [0.3, 0.4) is 0 Å². The summed E-state index contributed by atoms with van der Waals surface area (Å²) in [6.45, 7) is 4.88. The summed E-state index contributed by atoms with van der Waals surface area (Å²) in [5.41, 5.74) is 5.95. The Labute approximate surface area is 223 Å². The molecule has 37 heavy (non-hydrogen) atoms. The van der Waals surface area contributed by atoms with E-state index in [-0.39, 0.29) is 5.91 Å². The van der Waals surface area contributed by atoms with Gasteiger partial charge in [-0.3, -0.25) is 9.36 Å². The molecule has 0 unspecified atom stereocenters. The monoisotopic (exact) mass is 514 g/mol. The van der Waals surface area contributed by atoms with E-state index in [2.05, 4.69) is 64.3 Å². The SMILES string of the molecule is COc1cccc(-n2c(CCCC(=O)NCCc3ccccc3)nnc2SCc2cc(C)cc(C)c2)c1. The number of hydrogen-bond donors (Lipinski definition) is 1. The average molecular weight is 515 g/mol. The normalized spacial score (nSPS) is 10.9. The third-order valence-electron chi connectivity index (χ3n) is 6.04. The molecule has 0 saturated carbocycles. The minimum Gasteiger partial charge on any atom is -0.497 e. The second kappa shape index (κ2) is 13.1. The molecule has 0 aliphatic carbocycles. The van der Waals surface area contributed by atoms with Gasteiger partial charge >= 0.3 is 0 Å². The minimum atomic E-state index is 0.0628. The number of aromatic nitrogens is 3. The number of methoxy groups -OCH3 is 1. The number of carbonyl (C=O) groups is 1. The number of nitrogens with zero attached hydrogens (tertiary/aromatic N) is 3. The number of thioether (sulfide) groups is 1. The summed E-state index contributed by atoms with van der Waals surface area (Å²) in [5.74, 6) is 2.48. The lowest BCUT2D eigenvalue weighted by Crippen LogP contribution is -2.25. The van der Waals surface area contributed by atoms with Gasteiger partial charge in [-0.25, -0.2) is 0 Å². The Bertz CT molecular complexity index is 1300. The number of aryl methyl sites for hydroxylation is 3. The van der Waals surface area contributed by atoms with Crippen molar-refractivity contribution in [3.05, 3.63) is 101 Å². The van der Waals surface area contributed by atoms with Crippen LogP contribution in [0.15, 0.2) is 78.0 Å². The topological polar surface area (TPSA) is 69.0 Å². The van der Waals surface area contributed by atoms with Crippen LogP contribution in [-0.4, -0.2) is 34.3 Å². The van der Waals surface area contributed by atoms with Crippen LogP contribution in [0.25, 0.3) is 5.69 Å². The van der Waals surface area contributed by atoms with E-state index in [0.717, 1.165) is 34.6 Å². The Balaban J connectivity index is 1.41. The molecule has 0 spiro atoms. The summed E-state index contributed by atoms with van der Waals surface area (Å²) in [4.78, 5) is 12.4.